The van der Waals surface area contributed by atoms with Gasteiger partial charge < -0.3 is 10.1 Å². The average molecular weight is 435 g/mol. The molecule has 158 valence electrons. The van der Waals surface area contributed by atoms with Crippen molar-refractivity contribution in [1.29, 1.82) is 0 Å². The third kappa shape index (κ3) is 8.02. The number of hydrogen-bond acceptors (Lipinski definition) is 3. The van der Waals surface area contributed by atoms with Crippen LogP contribution in [0.15, 0.2) is 24.3 Å². The van der Waals surface area contributed by atoms with Gasteiger partial charge in [-0.05, 0) is 24.1 Å². The van der Waals surface area contributed by atoms with Gasteiger partial charge in [-0.1, -0.05) is 38.3 Å². The van der Waals surface area contributed by atoms with Crippen LogP contribution in [-0.4, -0.2) is 43.6 Å². The summed E-state index contributed by atoms with van der Waals surface area (Å²) in [6, 6.07) is 6.28. The van der Waals surface area contributed by atoms with Gasteiger partial charge in [0.1, 0.15) is 5.75 Å². The topological polar surface area (TPSA) is 24.5 Å². The van der Waals surface area contributed by atoms with Crippen molar-refractivity contribution in [3.63, 3.8) is 0 Å². The number of nitrogens with zero attached hydrogens (tertiary/aromatic N) is 1. The molecule has 0 amide bonds. The first kappa shape index (κ1) is 26.2. The Kier molecular flexibility index (Phi) is 12.3. The second-order valence-corrected chi connectivity index (χ2v) is 6.33. The van der Waals surface area contributed by atoms with Crippen LogP contribution < -0.4 is 10.1 Å². The number of ether oxygens (including phenoxy) is 1. The summed E-state index contributed by atoms with van der Waals surface area (Å²) < 4.78 is 55.3. The second-order valence-electron chi connectivity index (χ2n) is 6.33. The van der Waals surface area contributed by atoms with Gasteiger partial charge in [0.15, 0.2) is 0 Å². The summed E-state index contributed by atoms with van der Waals surface area (Å²) in [6.45, 7) is 5.62. The lowest BCUT2D eigenvalue weighted by molar-refractivity contribution is -0.253. The summed E-state index contributed by atoms with van der Waals surface area (Å²) in [6.07, 6.45) is -4.21. The van der Waals surface area contributed by atoms with Gasteiger partial charge in [-0.15, -0.1) is 24.8 Å². The van der Waals surface area contributed by atoms with Gasteiger partial charge in [-0.3, -0.25) is 4.90 Å². The highest BCUT2D eigenvalue weighted by atomic mass is 35.5. The predicted octanol–water partition coefficient (Wildman–Crippen LogP) is 5.29. The summed E-state index contributed by atoms with van der Waals surface area (Å²) in [7, 11) is 0. The zero-order valence-electron chi connectivity index (χ0n) is 15.3. The molecule has 0 spiro atoms. The van der Waals surface area contributed by atoms with Crippen molar-refractivity contribution >= 4 is 24.8 Å². The van der Waals surface area contributed by atoms with E-state index in [0.29, 0.717) is 0 Å². The van der Waals surface area contributed by atoms with Crippen LogP contribution >= 0.6 is 24.8 Å². The molecule has 1 saturated heterocycles. The van der Waals surface area contributed by atoms with Gasteiger partial charge in [-0.25, -0.2) is 0 Å². The number of rotatable bonds is 9. The van der Waals surface area contributed by atoms with E-state index >= 15 is 0 Å². The molecule has 2 rings (SSSR count). The smallest absolute Gasteiger partial charge is 0.428 e. The molecule has 1 aromatic rings. The van der Waals surface area contributed by atoms with E-state index in [9.17, 15) is 17.6 Å². The predicted molar refractivity (Wildman–Crippen MR) is 104 cm³/mol. The first-order valence-corrected chi connectivity index (χ1v) is 8.83. The Morgan fingerprint density at radius 3 is 2.41 bits per heavy atom. The van der Waals surface area contributed by atoms with Crippen molar-refractivity contribution in [3.8, 4) is 5.75 Å². The molecule has 27 heavy (non-hydrogen) atoms. The van der Waals surface area contributed by atoms with E-state index in [0.717, 1.165) is 57.4 Å². The van der Waals surface area contributed by atoms with E-state index in [2.05, 4.69) is 21.9 Å². The Morgan fingerprint density at radius 2 is 1.81 bits per heavy atom. The van der Waals surface area contributed by atoms with Crippen LogP contribution in [0.2, 0.25) is 0 Å². The van der Waals surface area contributed by atoms with Gasteiger partial charge in [0, 0.05) is 32.2 Å². The summed E-state index contributed by atoms with van der Waals surface area (Å²) in [5.41, 5.74) is 0.834. The van der Waals surface area contributed by atoms with E-state index in [-0.39, 0.29) is 36.6 Å². The molecular weight excluding hydrogens is 407 g/mol. The number of unbranched alkanes of at least 4 members (excludes halogenated alkanes) is 2. The molecule has 0 aromatic heterocycles. The number of alkyl halides is 4. The van der Waals surface area contributed by atoms with Crippen molar-refractivity contribution < 1.29 is 22.3 Å². The Bertz CT molecular complexity index is 532. The lowest BCUT2D eigenvalue weighted by Crippen LogP contribution is -2.45. The highest BCUT2D eigenvalue weighted by Crippen LogP contribution is 2.32. The van der Waals surface area contributed by atoms with Crippen LogP contribution in [-0.2, 0) is 0 Å². The number of benzene rings is 1. The highest BCUT2D eigenvalue weighted by Gasteiger charge is 2.44. The van der Waals surface area contributed by atoms with Crippen LogP contribution in [0.25, 0.3) is 0 Å². The van der Waals surface area contributed by atoms with Crippen LogP contribution in [0.1, 0.15) is 44.2 Å². The Morgan fingerprint density at radius 1 is 1.15 bits per heavy atom. The van der Waals surface area contributed by atoms with Gasteiger partial charge >= 0.3 is 12.5 Å². The highest BCUT2D eigenvalue weighted by molar-refractivity contribution is 5.85. The standard InChI is InChI=1S/C18H26F4N2O.2ClH/c1-2-3-4-8-16(24-11-9-23-10-12-24)14-6-5-7-15(13-14)25-18(21,22)17(19)20;;/h5-7,13,16-17,23H,2-4,8-12H2,1H3;2*1H/t16-;;/m0../s1. The average Bonchev–Trinajstić information content (AvgIpc) is 2.59. The third-order valence-electron chi connectivity index (χ3n) is 4.42. The summed E-state index contributed by atoms with van der Waals surface area (Å²) >= 11 is 0. The summed E-state index contributed by atoms with van der Waals surface area (Å²) in [5, 5.41) is 3.29. The Balaban J connectivity index is 0.00000338. The van der Waals surface area contributed by atoms with Crippen LogP contribution in [0.4, 0.5) is 17.6 Å². The maximum atomic E-state index is 13.2. The summed E-state index contributed by atoms with van der Waals surface area (Å²) in [5.74, 6) is -0.224. The largest absolute Gasteiger partial charge is 0.461 e. The minimum Gasteiger partial charge on any atom is -0.428 e. The second kappa shape index (κ2) is 12.6. The lowest BCUT2D eigenvalue weighted by atomic mass is 9.98. The van der Waals surface area contributed by atoms with Crippen LogP contribution in [0, 0.1) is 0 Å². The zero-order chi connectivity index (χ0) is 18.3. The number of nitrogens with one attached hydrogen (secondary N) is 1. The fraction of sp³-hybridized carbons (Fsp3) is 0.667. The molecule has 1 atom stereocenters. The minimum atomic E-state index is -4.48. The van der Waals surface area contributed by atoms with Crippen molar-refractivity contribution in [2.75, 3.05) is 26.2 Å². The molecule has 0 aliphatic carbocycles. The zero-order valence-corrected chi connectivity index (χ0v) is 16.9. The molecule has 1 aliphatic heterocycles. The molecule has 0 bridgehead atoms. The molecule has 1 N–H and O–H groups in total. The molecule has 1 heterocycles. The number of halogens is 6. The van der Waals surface area contributed by atoms with Crippen LogP contribution in [0.3, 0.4) is 0 Å². The van der Waals surface area contributed by atoms with Crippen molar-refractivity contribution in [3.05, 3.63) is 29.8 Å². The van der Waals surface area contributed by atoms with E-state index in [1.165, 1.54) is 12.1 Å². The van der Waals surface area contributed by atoms with Crippen molar-refractivity contribution in [1.82, 2.24) is 10.2 Å². The van der Waals surface area contributed by atoms with Crippen LogP contribution in [0.5, 0.6) is 5.75 Å². The first-order chi connectivity index (χ1) is 11.9. The molecule has 1 aliphatic rings. The molecule has 3 nitrogen and oxygen atoms in total. The van der Waals surface area contributed by atoms with Gasteiger partial charge in [0.25, 0.3) is 0 Å². The molecule has 1 fully saturated rings. The van der Waals surface area contributed by atoms with E-state index in [4.69, 9.17) is 0 Å². The fourth-order valence-corrected chi connectivity index (χ4v) is 3.13. The minimum absolute atomic E-state index is 0. The van der Waals surface area contributed by atoms with E-state index < -0.39 is 12.5 Å². The normalized spacial score (nSPS) is 16.4. The SMILES string of the molecule is CCCCC[C@@H](c1cccc(OC(F)(F)C(F)F)c1)N1CCNCC1.Cl.Cl. The maximum absolute atomic E-state index is 13.2. The Hall–Kier alpha value is -0.760. The molecule has 9 heteroatoms. The van der Waals surface area contributed by atoms with Crippen molar-refractivity contribution in [2.24, 2.45) is 0 Å². The lowest BCUT2D eigenvalue weighted by Gasteiger charge is -2.35. The molecular formula is C18H28Cl2F4N2O. The van der Waals surface area contributed by atoms with Gasteiger partial charge in [0.2, 0.25) is 0 Å². The molecule has 0 radical (unpaired) electrons. The quantitative estimate of drug-likeness (QED) is 0.421. The van der Waals surface area contributed by atoms with Crippen molar-refractivity contribution in [2.45, 2.75) is 51.2 Å². The first-order valence-electron chi connectivity index (χ1n) is 8.83. The van der Waals surface area contributed by atoms with E-state index in [1.54, 1.807) is 6.07 Å². The third-order valence-corrected chi connectivity index (χ3v) is 4.42. The van der Waals surface area contributed by atoms with Gasteiger partial charge in [0.05, 0.1) is 0 Å². The van der Waals surface area contributed by atoms with E-state index in [1.807, 2.05) is 6.07 Å². The summed E-state index contributed by atoms with van der Waals surface area (Å²) in [4.78, 5) is 2.32. The molecule has 0 unspecified atom stereocenters. The van der Waals surface area contributed by atoms with Gasteiger partial charge in [-0.2, -0.15) is 17.6 Å². The fourth-order valence-electron chi connectivity index (χ4n) is 3.13. The molecule has 0 saturated carbocycles. The monoisotopic (exact) mass is 434 g/mol. The maximum Gasteiger partial charge on any atom is 0.461 e. The number of piperazine rings is 1. The molecule has 1 aromatic carbocycles. The number of hydrogen-bond donors (Lipinski definition) is 1. The Labute approximate surface area is 170 Å².